The van der Waals surface area contributed by atoms with Gasteiger partial charge in [-0.1, -0.05) is 18.2 Å². The number of methoxy groups -OCH3 is 1. The number of fused-ring (bicyclic) bond motifs is 1. The third-order valence-corrected chi connectivity index (χ3v) is 4.79. The Morgan fingerprint density at radius 1 is 1.32 bits per heavy atom. The fourth-order valence-corrected chi connectivity index (χ4v) is 3.29. The molecule has 0 bridgehead atoms. The van der Waals surface area contributed by atoms with Crippen molar-refractivity contribution in [3.05, 3.63) is 35.5 Å². The Morgan fingerprint density at radius 2 is 2.08 bits per heavy atom. The highest BCUT2D eigenvalue weighted by Gasteiger charge is 2.30. The summed E-state index contributed by atoms with van der Waals surface area (Å²) in [5.74, 6) is -0.0482. The fourth-order valence-electron chi connectivity index (χ4n) is 3.29. The van der Waals surface area contributed by atoms with Crippen LogP contribution in [0.1, 0.15) is 11.3 Å². The van der Waals surface area contributed by atoms with E-state index in [1.165, 1.54) is 10.3 Å². The third kappa shape index (κ3) is 3.32. The zero-order chi connectivity index (χ0) is 18.0. The zero-order valence-corrected chi connectivity index (χ0v) is 14.9. The lowest BCUT2D eigenvalue weighted by atomic mass is 10.1. The van der Waals surface area contributed by atoms with Crippen molar-refractivity contribution >= 4 is 22.8 Å². The summed E-state index contributed by atoms with van der Waals surface area (Å²) in [7, 11) is 3.60. The highest BCUT2D eigenvalue weighted by molar-refractivity contribution is 5.87. The monoisotopic (exact) mass is 344 g/mol. The van der Waals surface area contributed by atoms with Crippen LogP contribution in [-0.2, 0) is 23.1 Å². The molecule has 2 heterocycles. The summed E-state index contributed by atoms with van der Waals surface area (Å²) in [6.45, 7) is 3.89. The average Bonchev–Trinajstić information content (AvgIpc) is 3.10. The molecule has 1 aliphatic heterocycles. The van der Waals surface area contributed by atoms with Gasteiger partial charge < -0.3 is 19.5 Å². The highest BCUT2D eigenvalue weighted by Crippen LogP contribution is 2.24. The number of amides is 3. The first-order valence-corrected chi connectivity index (χ1v) is 8.35. The lowest BCUT2D eigenvalue weighted by Crippen LogP contribution is -2.39. The lowest BCUT2D eigenvalue weighted by molar-refractivity contribution is -0.127. The molecule has 1 fully saturated rings. The smallest absolute Gasteiger partial charge is 0.319 e. The van der Waals surface area contributed by atoms with Gasteiger partial charge in [-0.25, -0.2) is 4.79 Å². The van der Waals surface area contributed by atoms with Gasteiger partial charge in [0.15, 0.2) is 0 Å². The molecule has 0 radical (unpaired) electrons. The molecule has 0 aliphatic carbocycles. The number of ether oxygens (including phenoxy) is 1. The summed E-state index contributed by atoms with van der Waals surface area (Å²) in [5, 5.41) is 4.13. The molecule has 0 atom stereocenters. The maximum atomic E-state index is 12.4. The lowest BCUT2D eigenvalue weighted by Gasteiger charge is -2.18. The Balaban J connectivity index is 1.64. The number of nitrogens with zero attached hydrogens (tertiary/aromatic N) is 3. The Hall–Kier alpha value is -2.54. The molecule has 1 aliphatic rings. The molecule has 7 nitrogen and oxygen atoms in total. The average molecular weight is 344 g/mol. The number of aryl methyl sites for hydroxylation is 2. The molecule has 1 N–H and O–H groups in total. The Morgan fingerprint density at radius 3 is 2.80 bits per heavy atom. The zero-order valence-electron chi connectivity index (χ0n) is 14.9. The predicted molar refractivity (Wildman–Crippen MR) is 95.1 cm³/mol. The van der Waals surface area contributed by atoms with Gasteiger partial charge in [0.2, 0.25) is 5.91 Å². The van der Waals surface area contributed by atoms with E-state index < -0.39 is 0 Å². The van der Waals surface area contributed by atoms with Crippen LogP contribution in [0.4, 0.5) is 4.79 Å². The van der Waals surface area contributed by atoms with E-state index in [0.717, 1.165) is 16.8 Å². The van der Waals surface area contributed by atoms with Gasteiger partial charge in [0.05, 0.1) is 19.8 Å². The molecule has 134 valence electrons. The van der Waals surface area contributed by atoms with Gasteiger partial charge in [-0.15, -0.1) is 0 Å². The third-order valence-electron chi connectivity index (χ3n) is 4.79. The summed E-state index contributed by atoms with van der Waals surface area (Å²) in [4.78, 5) is 27.5. The van der Waals surface area contributed by atoms with Gasteiger partial charge in [0.1, 0.15) is 6.54 Å². The predicted octanol–water partition coefficient (Wildman–Crippen LogP) is 1.44. The summed E-state index contributed by atoms with van der Waals surface area (Å²) in [5.41, 5.74) is 3.38. The first-order chi connectivity index (χ1) is 12.0. The second-order valence-electron chi connectivity index (χ2n) is 6.30. The van der Waals surface area contributed by atoms with Crippen LogP contribution >= 0.6 is 0 Å². The minimum atomic E-state index is -0.224. The topological polar surface area (TPSA) is 66.8 Å². The molecule has 0 unspecified atom stereocenters. The SMILES string of the molecule is COCCN1CN(C(=O)NCc2c(C)c3ccccc3n2C)CC1=O. The van der Waals surface area contributed by atoms with Crippen molar-refractivity contribution < 1.29 is 14.3 Å². The molecule has 3 amide bonds. The number of carbonyl (C=O) groups excluding carboxylic acids is 2. The second-order valence-corrected chi connectivity index (χ2v) is 6.30. The maximum Gasteiger partial charge on any atom is 0.319 e. The van der Waals surface area contributed by atoms with Crippen LogP contribution in [0.25, 0.3) is 10.9 Å². The van der Waals surface area contributed by atoms with Gasteiger partial charge in [0.25, 0.3) is 0 Å². The van der Waals surface area contributed by atoms with E-state index in [-0.39, 0.29) is 18.5 Å². The molecular formula is C18H24N4O3. The molecule has 1 aromatic carbocycles. The van der Waals surface area contributed by atoms with Crippen molar-refractivity contribution in [1.82, 2.24) is 19.7 Å². The molecule has 0 spiro atoms. The Kier molecular flexibility index (Phi) is 4.94. The molecule has 0 saturated carbocycles. The standard InChI is InChI=1S/C18H24N4O3/c1-13-14-6-4-5-7-15(14)20(2)16(13)10-19-18(24)22-11-17(23)21(12-22)8-9-25-3/h4-7H,8-12H2,1-3H3,(H,19,24). The molecule has 3 rings (SSSR count). The minimum Gasteiger partial charge on any atom is -0.383 e. The van der Waals surface area contributed by atoms with Gasteiger partial charge in [0, 0.05) is 37.3 Å². The highest BCUT2D eigenvalue weighted by atomic mass is 16.5. The fraction of sp³-hybridized carbons (Fsp3) is 0.444. The van der Waals surface area contributed by atoms with E-state index in [1.54, 1.807) is 12.0 Å². The first-order valence-electron chi connectivity index (χ1n) is 8.35. The number of hydrogen-bond acceptors (Lipinski definition) is 3. The van der Waals surface area contributed by atoms with Crippen LogP contribution in [0, 0.1) is 6.92 Å². The van der Waals surface area contributed by atoms with Crippen LogP contribution in [0.3, 0.4) is 0 Å². The molecule has 1 saturated heterocycles. The summed E-state index contributed by atoms with van der Waals surface area (Å²) in [6, 6.07) is 7.96. The first kappa shape index (κ1) is 17.3. The van der Waals surface area contributed by atoms with Crippen molar-refractivity contribution in [2.45, 2.75) is 13.5 Å². The number of urea groups is 1. The van der Waals surface area contributed by atoms with Crippen molar-refractivity contribution in [1.29, 1.82) is 0 Å². The van der Waals surface area contributed by atoms with Crippen molar-refractivity contribution in [3.63, 3.8) is 0 Å². The van der Waals surface area contributed by atoms with E-state index in [4.69, 9.17) is 4.74 Å². The number of benzene rings is 1. The Bertz CT molecular complexity index is 760. The van der Waals surface area contributed by atoms with E-state index in [9.17, 15) is 9.59 Å². The van der Waals surface area contributed by atoms with E-state index in [0.29, 0.717) is 26.4 Å². The van der Waals surface area contributed by atoms with Crippen LogP contribution in [-0.4, -0.2) is 59.8 Å². The molecule has 7 heteroatoms. The van der Waals surface area contributed by atoms with Crippen molar-refractivity contribution in [2.75, 3.05) is 33.5 Å². The summed E-state index contributed by atoms with van der Waals surface area (Å²) >= 11 is 0. The number of carbonyl (C=O) groups is 2. The van der Waals surface area contributed by atoms with Crippen molar-refractivity contribution in [3.8, 4) is 0 Å². The normalized spacial score (nSPS) is 14.6. The summed E-state index contributed by atoms with van der Waals surface area (Å²) in [6.07, 6.45) is 0. The second kappa shape index (κ2) is 7.14. The van der Waals surface area contributed by atoms with Gasteiger partial charge in [-0.05, 0) is 18.6 Å². The summed E-state index contributed by atoms with van der Waals surface area (Å²) < 4.78 is 7.09. The quantitative estimate of drug-likeness (QED) is 0.893. The van der Waals surface area contributed by atoms with Gasteiger partial charge in [-0.2, -0.15) is 0 Å². The molecule has 2 aromatic rings. The van der Waals surface area contributed by atoms with Crippen LogP contribution in [0.15, 0.2) is 24.3 Å². The Labute approximate surface area is 147 Å². The number of rotatable bonds is 5. The van der Waals surface area contributed by atoms with Gasteiger partial charge in [-0.3, -0.25) is 9.69 Å². The molecular weight excluding hydrogens is 320 g/mol. The van der Waals surface area contributed by atoms with Crippen LogP contribution in [0.5, 0.6) is 0 Å². The van der Waals surface area contributed by atoms with Gasteiger partial charge >= 0.3 is 6.03 Å². The molecule has 1 aromatic heterocycles. The van der Waals surface area contributed by atoms with Crippen LogP contribution < -0.4 is 5.32 Å². The van der Waals surface area contributed by atoms with E-state index in [2.05, 4.69) is 28.9 Å². The minimum absolute atomic E-state index is 0.0482. The number of aromatic nitrogens is 1. The van der Waals surface area contributed by atoms with Crippen LogP contribution in [0.2, 0.25) is 0 Å². The number of hydrogen-bond donors (Lipinski definition) is 1. The molecule has 25 heavy (non-hydrogen) atoms. The maximum absolute atomic E-state index is 12.4. The van der Waals surface area contributed by atoms with E-state index in [1.807, 2.05) is 19.2 Å². The largest absolute Gasteiger partial charge is 0.383 e. The van der Waals surface area contributed by atoms with E-state index >= 15 is 0 Å². The number of nitrogens with one attached hydrogen (secondary N) is 1. The number of para-hydroxylation sites is 1. The van der Waals surface area contributed by atoms with Crippen molar-refractivity contribution in [2.24, 2.45) is 7.05 Å².